The molecule has 2 aliphatic carbocycles. The molecule has 0 aromatic heterocycles. The molecule has 2 unspecified atom stereocenters. The summed E-state index contributed by atoms with van der Waals surface area (Å²) in [6.07, 6.45) is 10.3. The van der Waals surface area contributed by atoms with Crippen LogP contribution in [0.5, 0.6) is 0 Å². The Labute approximate surface area is 270 Å². The van der Waals surface area contributed by atoms with Crippen molar-refractivity contribution in [2.24, 2.45) is 0 Å². The van der Waals surface area contributed by atoms with Crippen molar-refractivity contribution in [1.29, 1.82) is 0 Å². The number of hydrogen-bond acceptors (Lipinski definition) is 0. The summed E-state index contributed by atoms with van der Waals surface area (Å²) >= 11 is 3.32. The van der Waals surface area contributed by atoms with Gasteiger partial charge in [0.1, 0.15) is 0 Å². The van der Waals surface area contributed by atoms with E-state index in [2.05, 4.69) is 178 Å². The first-order valence-corrected chi connectivity index (χ1v) is 35.2. The van der Waals surface area contributed by atoms with Gasteiger partial charge in [-0.3, -0.25) is 0 Å². The molecule has 4 aromatic rings. The van der Waals surface area contributed by atoms with Crippen LogP contribution in [0.3, 0.4) is 0 Å². The molecule has 6 rings (SSSR count). The average Bonchev–Trinajstić information content (AvgIpc) is 3.60. The van der Waals surface area contributed by atoms with E-state index >= 15 is 0 Å². The Morgan fingerprint density at radius 3 is 1.31 bits per heavy atom. The van der Waals surface area contributed by atoms with Gasteiger partial charge in [0.05, 0.1) is 0 Å². The van der Waals surface area contributed by atoms with E-state index in [0.717, 1.165) is 20.0 Å². The third kappa shape index (κ3) is 4.93. The number of hydrogen-bond donors (Lipinski definition) is 0. The van der Waals surface area contributed by atoms with Crippen molar-refractivity contribution < 1.29 is 17.1 Å². The van der Waals surface area contributed by atoms with Crippen LogP contribution in [-0.2, 0) is 17.1 Å². The second kappa shape index (κ2) is 11.4. The van der Waals surface area contributed by atoms with Crippen LogP contribution in [0.15, 0.2) is 106 Å². The Hall–Kier alpha value is -1.59. The predicted octanol–water partition coefficient (Wildman–Crippen LogP) is 13.0. The zero-order chi connectivity index (χ0) is 29.8. The van der Waals surface area contributed by atoms with Gasteiger partial charge < -0.3 is 0 Å². The van der Waals surface area contributed by atoms with Crippen molar-refractivity contribution in [3.63, 3.8) is 0 Å². The third-order valence-corrected chi connectivity index (χ3v) is 70.1. The molecule has 0 aliphatic heterocycles. The van der Waals surface area contributed by atoms with Gasteiger partial charge in [0, 0.05) is 0 Å². The van der Waals surface area contributed by atoms with E-state index in [9.17, 15) is 0 Å². The van der Waals surface area contributed by atoms with Crippen molar-refractivity contribution in [1.82, 2.24) is 0 Å². The molecule has 2 aliphatic rings. The molecule has 2 atom stereocenters. The molecule has 4 heteroatoms. The molecule has 0 saturated heterocycles. The quantitative estimate of drug-likeness (QED) is 0.169. The van der Waals surface area contributed by atoms with Crippen LogP contribution in [-0.4, -0.2) is 5.49 Å². The maximum absolute atomic E-state index is 3.94. The fourth-order valence-electron chi connectivity index (χ4n) is 9.03. The molecule has 214 valence electrons. The fourth-order valence-corrected chi connectivity index (χ4v) is 81.4. The number of benzene rings is 4. The zero-order valence-electron chi connectivity index (χ0n) is 25.5. The van der Waals surface area contributed by atoms with Gasteiger partial charge in [0.25, 0.3) is 0 Å². The molecule has 0 heterocycles. The van der Waals surface area contributed by atoms with Gasteiger partial charge in [-0.1, -0.05) is 0 Å². The van der Waals surface area contributed by atoms with E-state index in [-0.39, 0.29) is 0 Å². The van der Waals surface area contributed by atoms with E-state index in [1.54, 1.807) is 11.1 Å². The van der Waals surface area contributed by atoms with Crippen LogP contribution in [0.1, 0.15) is 57.3 Å². The summed E-state index contributed by atoms with van der Waals surface area (Å²) in [5, 5.41) is 0. The van der Waals surface area contributed by atoms with Gasteiger partial charge in [-0.25, -0.2) is 0 Å². The van der Waals surface area contributed by atoms with Gasteiger partial charge in [0.15, 0.2) is 0 Å². The van der Waals surface area contributed by atoms with Crippen LogP contribution in [0.25, 0.3) is 34.4 Å². The number of rotatable bonds is 6. The zero-order valence-corrected chi connectivity index (χ0v) is 33.2. The Balaban J connectivity index is 1.59. The van der Waals surface area contributed by atoms with E-state index in [0.29, 0.717) is 7.35 Å². The molecule has 0 saturated carbocycles. The first-order chi connectivity index (χ1) is 20.0. The van der Waals surface area contributed by atoms with Gasteiger partial charge in [-0.15, -0.1) is 0 Å². The molecule has 42 heavy (non-hydrogen) atoms. The number of fused-ring (bicyclic) bond motifs is 2. The minimum absolute atomic E-state index is 0.531. The second-order valence-electron chi connectivity index (χ2n) is 13.7. The van der Waals surface area contributed by atoms with Crippen LogP contribution in [0.2, 0.25) is 20.4 Å². The molecular weight excluding hydrogens is 823 g/mol. The molecule has 0 fully saturated rings. The number of allylic oxidation sites excluding steroid dienone is 2. The third-order valence-electron chi connectivity index (χ3n) is 10.2. The molecule has 0 radical (unpaired) electrons. The van der Waals surface area contributed by atoms with E-state index in [4.69, 9.17) is 0 Å². The SMILES string of the molecule is CC(C)[Si](C(C)C)=[Hf]([CH3])([CH3])([CH]1C=Cc2c(-c3ccc(Br)cc3)cccc21)[CH]1C=Cc2c(-c3ccc(Br)cc3)cccc21. The molecule has 0 amide bonds. The van der Waals surface area contributed by atoms with Gasteiger partial charge in [0.2, 0.25) is 0 Å². The van der Waals surface area contributed by atoms with Crippen LogP contribution < -0.4 is 0 Å². The molecule has 0 nitrogen and oxygen atoms in total. The fraction of sp³-hybridized carbons (Fsp3) is 0.263. The Bertz CT molecular complexity index is 1670. The topological polar surface area (TPSA) is 0 Å². The summed E-state index contributed by atoms with van der Waals surface area (Å²) in [5.74, 6) is 0. The summed E-state index contributed by atoms with van der Waals surface area (Å²) in [4.78, 5) is 0. The Morgan fingerprint density at radius 2 is 0.952 bits per heavy atom. The molecule has 0 spiro atoms. The normalized spacial score (nSPS) is 17.7. The minimum atomic E-state index is -3.94. The molecule has 0 N–H and O–H groups in total. The number of halogens is 2. The van der Waals surface area contributed by atoms with Crippen LogP contribution in [0, 0.1) is 0 Å². The van der Waals surface area contributed by atoms with Crippen LogP contribution in [0.4, 0.5) is 0 Å². The monoisotopic (exact) mass is 862 g/mol. The Morgan fingerprint density at radius 1 is 0.571 bits per heavy atom. The summed E-state index contributed by atoms with van der Waals surface area (Å²) < 4.78 is 9.06. The van der Waals surface area contributed by atoms with Crippen molar-refractivity contribution in [3.05, 3.63) is 128 Å². The van der Waals surface area contributed by atoms with Gasteiger partial charge in [-0.2, -0.15) is 0 Å². The summed E-state index contributed by atoms with van der Waals surface area (Å²) in [6, 6.07) is 31.9. The summed E-state index contributed by atoms with van der Waals surface area (Å²) in [6.45, 7) is 10.1. The maximum atomic E-state index is 3.63. The molecule has 0 bridgehead atoms. The van der Waals surface area contributed by atoms with E-state index in [1.165, 1.54) is 33.4 Å². The first-order valence-electron chi connectivity index (χ1n) is 15.2. The van der Waals surface area contributed by atoms with Gasteiger partial charge in [-0.05, 0) is 0 Å². The van der Waals surface area contributed by atoms with Crippen molar-refractivity contribution in [2.45, 2.75) is 55.5 Å². The molecule has 4 aromatic carbocycles. The standard InChI is InChI=1S/2C15H10Br.C6H14Si.2CH3.Hf/c2*16-13-9-7-12(8-10-13)15-6-2-4-11-3-1-5-14(11)15;1-5(2)7-6(3)4;;;/h2*1-10H;5-6H,1-4H3;2*1H3;. The second-order valence-corrected chi connectivity index (χ2v) is 61.1. The summed E-state index contributed by atoms with van der Waals surface area (Å²) in [5.41, 5.74) is 12.1. The first kappa shape index (κ1) is 30.4. The average molecular weight is 863 g/mol. The van der Waals surface area contributed by atoms with Crippen molar-refractivity contribution >= 4 is 49.5 Å². The Kier molecular flexibility index (Phi) is 8.26. The van der Waals surface area contributed by atoms with Crippen molar-refractivity contribution in [3.8, 4) is 22.3 Å². The summed E-state index contributed by atoms with van der Waals surface area (Å²) in [7, 11) is 0. The van der Waals surface area contributed by atoms with Gasteiger partial charge >= 0.3 is 273 Å². The predicted molar refractivity (Wildman–Crippen MR) is 190 cm³/mol. The van der Waals surface area contributed by atoms with Crippen molar-refractivity contribution in [2.75, 3.05) is 0 Å². The van der Waals surface area contributed by atoms with E-state index in [1.807, 2.05) is 0 Å². The molecular formula is C38H40Br2HfSi. The van der Waals surface area contributed by atoms with Crippen LogP contribution >= 0.6 is 31.9 Å². The van der Waals surface area contributed by atoms with E-state index < -0.39 is 22.6 Å².